The van der Waals surface area contributed by atoms with Gasteiger partial charge in [0, 0.05) is 18.3 Å². The number of aromatic nitrogens is 1. The number of ether oxygens (including phenoxy) is 1. The molecule has 5 nitrogen and oxygen atoms in total. The highest BCUT2D eigenvalue weighted by atomic mass is 16.5. The largest absolute Gasteiger partial charge is 0.384 e. The van der Waals surface area contributed by atoms with Gasteiger partial charge in [-0.3, -0.25) is 4.79 Å². The first-order valence-electron chi connectivity index (χ1n) is 5.72. The SMILES string of the molecule is CC1CN(C(=O)c2ccnc(N)c2)C(C)CO1. The standard InChI is InChI=1S/C12H17N3O2/c1-8-7-17-9(2)6-15(8)12(16)10-3-4-14-11(13)5-10/h3-5,8-9H,6-7H2,1-2H3,(H2,13,14). The smallest absolute Gasteiger partial charge is 0.254 e. The average molecular weight is 235 g/mol. The molecule has 0 saturated carbocycles. The zero-order chi connectivity index (χ0) is 12.4. The van der Waals surface area contributed by atoms with E-state index >= 15 is 0 Å². The highest BCUT2D eigenvalue weighted by molar-refractivity contribution is 5.95. The van der Waals surface area contributed by atoms with Gasteiger partial charge in [-0.15, -0.1) is 0 Å². The molecule has 0 aliphatic carbocycles. The summed E-state index contributed by atoms with van der Waals surface area (Å²) in [5, 5.41) is 0. The zero-order valence-electron chi connectivity index (χ0n) is 10.1. The van der Waals surface area contributed by atoms with Crippen molar-refractivity contribution in [2.75, 3.05) is 18.9 Å². The Hall–Kier alpha value is -1.62. The Bertz CT molecular complexity index is 422. The average Bonchev–Trinajstić information content (AvgIpc) is 2.31. The van der Waals surface area contributed by atoms with Gasteiger partial charge in [-0.2, -0.15) is 0 Å². The Balaban J connectivity index is 2.18. The fraction of sp³-hybridized carbons (Fsp3) is 0.500. The molecule has 2 rings (SSSR count). The van der Waals surface area contributed by atoms with Crippen molar-refractivity contribution in [2.24, 2.45) is 0 Å². The van der Waals surface area contributed by atoms with E-state index in [0.29, 0.717) is 24.5 Å². The molecule has 2 heterocycles. The molecule has 1 amide bonds. The number of nitrogens with zero attached hydrogens (tertiary/aromatic N) is 2. The normalized spacial score (nSPS) is 24.7. The van der Waals surface area contributed by atoms with Gasteiger partial charge in [-0.05, 0) is 26.0 Å². The van der Waals surface area contributed by atoms with Crippen molar-refractivity contribution in [1.29, 1.82) is 0 Å². The van der Waals surface area contributed by atoms with Gasteiger partial charge in [0.25, 0.3) is 5.91 Å². The lowest BCUT2D eigenvalue weighted by Crippen LogP contribution is -2.50. The summed E-state index contributed by atoms with van der Waals surface area (Å²) in [6.45, 7) is 5.14. The van der Waals surface area contributed by atoms with Gasteiger partial charge in [0.1, 0.15) is 5.82 Å². The van der Waals surface area contributed by atoms with Gasteiger partial charge in [0.05, 0.1) is 18.8 Å². The molecule has 17 heavy (non-hydrogen) atoms. The van der Waals surface area contributed by atoms with Crippen LogP contribution in [-0.4, -0.2) is 41.1 Å². The van der Waals surface area contributed by atoms with Crippen LogP contribution in [-0.2, 0) is 4.74 Å². The number of nitrogen functional groups attached to an aromatic ring is 1. The van der Waals surface area contributed by atoms with E-state index in [-0.39, 0.29) is 18.1 Å². The maximum Gasteiger partial charge on any atom is 0.254 e. The van der Waals surface area contributed by atoms with Gasteiger partial charge in [0.2, 0.25) is 0 Å². The molecule has 1 aliphatic rings. The van der Waals surface area contributed by atoms with Gasteiger partial charge in [-0.25, -0.2) is 4.98 Å². The van der Waals surface area contributed by atoms with Crippen LogP contribution in [0.4, 0.5) is 5.82 Å². The molecule has 0 aromatic carbocycles. The van der Waals surface area contributed by atoms with Gasteiger partial charge in [-0.1, -0.05) is 0 Å². The summed E-state index contributed by atoms with van der Waals surface area (Å²) < 4.78 is 5.50. The Morgan fingerprint density at radius 2 is 2.35 bits per heavy atom. The molecular weight excluding hydrogens is 218 g/mol. The molecule has 1 fully saturated rings. The summed E-state index contributed by atoms with van der Waals surface area (Å²) in [5.74, 6) is 0.353. The number of hydrogen-bond donors (Lipinski definition) is 1. The Morgan fingerprint density at radius 1 is 1.59 bits per heavy atom. The zero-order valence-corrected chi connectivity index (χ0v) is 10.1. The minimum absolute atomic E-state index is 0.0123. The molecular formula is C12H17N3O2. The van der Waals surface area contributed by atoms with Crippen molar-refractivity contribution in [3.63, 3.8) is 0 Å². The van der Waals surface area contributed by atoms with Crippen molar-refractivity contribution in [1.82, 2.24) is 9.88 Å². The van der Waals surface area contributed by atoms with E-state index in [1.807, 2.05) is 18.7 Å². The van der Waals surface area contributed by atoms with Crippen LogP contribution in [0, 0.1) is 0 Å². The van der Waals surface area contributed by atoms with Gasteiger partial charge < -0.3 is 15.4 Å². The van der Waals surface area contributed by atoms with Crippen LogP contribution < -0.4 is 5.73 Å². The first-order valence-corrected chi connectivity index (χ1v) is 5.72. The molecule has 1 aromatic rings. The maximum atomic E-state index is 12.3. The summed E-state index contributed by atoms with van der Waals surface area (Å²) in [4.78, 5) is 18.0. The number of morpholine rings is 1. The van der Waals surface area contributed by atoms with Crippen LogP contribution in [0.15, 0.2) is 18.3 Å². The van der Waals surface area contributed by atoms with Crippen LogP contribution in [0.2, 0.25) is 0 Å². The Labute approximate surface area is 101 Å². The van der Waals surface area contributed by atoms with Gasteiger partial charge in [0.15, 0.2) is 0 Å². The fourth-order valence-electron chi connectivity index (χ4n) is 1.93. The summed E-state index contributed by atoms with van der Waals surface area (Å²) in [6.07, 6.45) is 1.63. The molecule has 2 unspecified atom stereocenters. The number of anilines is 1. The second-order valence-corrected chi connectivity index (χ2v) is 4.42. The Morgan fingerprint density at radius 3 is 3.06 bits per heavy atom. The predicted octanol–water partition coefficient (Wildman–Crippen LogP) is 0.913. The number of amides is 1. The number of pyridine rings is 1. The van der Waals surface area contributed by atoms with E-state index in [1.165, 1.54) is 0 Å². The molecule has 0 radical (unpaired) electrons. The number of carbonyl (C=O) groups excluding carboxylic acids is 1. The highest BCUT2D eigenvalue weighted by Gasteiger charge is 2.28. The van der Waals surface area contributed by atoms with E-state index in [9.17, 15) is 4.79 Å². The Kier molecular flexibility index (Phi) is 3.28. The van der Waals surface area contributed by atoms with Crippen molar-refractivity contribution in [2.45, 2.75) is 26.0 Å². The number of carbonyl (C=O) groups is 1. The minimum atomic E-state index is -0.0123. The summed E-state index contributed by atoms with van der Waals surface area (Å²) >= 11 is 0. The third kappa shape index (κ3) is 2.55. The second-order valence-electron chi connectivity index (χ2n) is 4.42. The van der Waals surface area contributed by atoms with Crippen molar-refractivity contribution < 1.29 is 9.53 Å². The van der Waals surface area contributed by atoms with Crippen molar-refractivity contribution in [3.8, 4) is 0 Å². The monoisotopic (exact) mass is 235 g/mol. The molecule has 2 N–H and O–H groups in total. The van der Waals surface area contributed by atoms with E-state index < -0.39 is 0 Å². The molecule has 0 spiro atoms. The quantitative estimate of drug-likeness (QED) is 0.785. The maximum absolute atomic E-state index is 12.3. The molecule has 1 aliphatic heterocycles. The third-order valence-electron chi connectivity index (χ3n) is 2.90. The number of rotatable bonds is 1. The molecule has 5 heteroatoms. The topological polar surface area (TPSA) is 68.5 Å². The van der Waals surface area contributed by atoms with E-state index in [4.69, 9.17) is 10.5 Å². The van der Waals surface area contributed by atoms with Crippen LogP contribution in [0.5, 0.6) is 0 Å². The lowest BCUT2D eigenvalue weighted by molar-refractivity contribution is -0.0387. The second kappa shape index (κ2) is 4.71. The predicted molar refractivity (Wildman–Crippen MR) is 64.6 cm³/mol. The fourth-order valence-corrected chi connectivity index (χ4v) is 1.93. The van der Waals surface area contributed by atoms with E-state index in [2.05, 4.69) is 4.98 Å². The number of nitrogens with two attached hydrogens (primary N) is 1. The highest BCUT2D eigenvalue weighted by Crippen LogP contribution is 2.15. The summed E-state index contributed by atoms with van der Waals surface area (Å²) in [5.41, 5.74) is 6.16. The molecule has 1 saturated heterocycles. The van der Waals surface area contributed by atoms with Crippen LogP contribution in [0.25, 0.3) is 0 Å². The summed E-state index contributed by atoms with van der Waals surface area (Å²) in [7, 11) is 0. The van der Waals surface area contributed by atoms with Crippen LogP contribution in [0.3, 0.4) is 0 Å². The first kappa shape index (κ1) is 11.9. The lowest BCUT2D eigenvalue weighted by atomic mass is 10.1. The van der Waals surface area contributed by atoms with Gasteiger partial charge >= 0.3 is 0 Å². The third-order valence-corrected chi connectivity index (χ3v) is 2.90. The molecule has 1 aromatic heterocycles. The van der Waals surface area contributed by atoms with Crippen molar-refractivity contribution >= 4 is 11.7 Å². The summed E-state index contributed by atoms with van der Waals surface area (Å²) in [6, 6.07) is 3.38. The van der Waals surface area contributed by atoms with E-state index in [0.717, 1.165) is 0 Å². The van der Waals surface area contributed by atoms with Crippen LogP contribution >= 0.6 is 0 Å². The van der Waals surface area contributed by atoms with Crippen molar-refractivity contribution in [3.05, 3.63) is 23.9 Å². The van der Waals surface area contributed by atoms with Crippen LogP contribution in [0.1, 0.15) is 24.2 Å². The molecule has 0 bridgehead atoms. The molecule has 92 valence electrons. The van der Waals surface area contributed by atoms with E-state index in [1.54, 1.807) is 18.3 Å². The first-order chi connectivity index (χ1) is 8.08. The minimum Gasteiger partial charge on any atom is -0.384 e. The molecule has 2 atom stereocenters. The number of hydrogen-bond acceptors (Lipinski definition) is 4. The lowest BCUT2D eigenvalue weighted by Gasteiger charge is -2.36.